The molecule has 0 N–H and O–H groups in total. The van der Waals surface area contributed by atoms with Crippen molar-refractivity contribution in [1.29, 1.82) is 0 Å². The quantitative estimate of drug-likeness (QED) is 0.159. The third-order valence-corrected chi connectivity index (χ3v) is 28.3. The highest BCUT2D eigenvalue weighted by Gasteiger charge is 2.55. The average Bonchev–Trinajstić information content (AvgIpc) is 1.51. The van der Waals surface area contributed by atoms with Gasteiger partial charge in [0.25, 0.3) is 0 Å². The zero-order valence-electron chi connectivity index (χ0n) is 64.8. The van der Waals surface area contributed by atoms with Crippen LogP contribution in [0.4, 0.5) is 17.1 Å². The summed E-state index contributed by atoms with van der Waals surface area (Å²) in [5, 5.41) is 6.96. The molecule has 0 aliphatic heterocycles. The molecule has 0 atom stereocenters. The first kappa shape index (κ1) is 64.4. The van der Waals surface area contributed by atoms with E-state index in [-0.39, 0.29) is 10.8 Å². The largest absolute Gasteiger partial charge is 0.456 e. The number of benzene rings is 16. The van der Waals surface area contributed by atoms with Crippen molar-refractivity contribution < 1.29 is 13.3 Å². The average molecular weight is 1460 g/mol. The van der Waals surface area contributed by atoms with Gasteiger partial charge in [0.15, 0.2) is 0 Å². The Balaban J connectivity index is 0.772. The number of nitrogens with zero attached hydrogens (tertiary/aromatic N) is 1. The highest BCUT2D eigenvalue weighted by Crippen LogP contribution is 2.69. The maximum absolute atomic E-state index is 7.33. The van der Waals surface area contributed by atoms with Gasteiger partial charge in [-0.1, -0.05) is 304 Å². The van der Waals surface area contributed by atoms with Gasteiger partial charge in [-0.15, -0.1) is 0 Å². The molecule has 3 aromatic heterocycles. The van der Waals surface area contributed by atoms with E-state index < -0.39 is 21.7 Å². The molecule has 0 amide bonds. The Morgan fingerprint density at radius 3 is 1.01 bits per heavy atom. The molecule has 0 radical (unpaired) electrons. The summed E-state index contributed by atoms with van der Waals surface area (Å²) in [5.74, 6) is 0. The lowest BCUT2D eigenvalue weighted by molar-refractivity contribution is 0.600. The van der Waals surface area contributed by atoms with Crippen molar-refractivity contribution in [2.24, 2.45) is 0 Å². The summed E-state index contributed by atoms with van der Waals surface area (Å²) in [6.45, 7) is 19.7. The zero-order valence-corrected chi connectivity index (χ0v) is 64.8. The number of anilines is 3. The number of hydrogen-bond acceptors (Lipinski definition) is 4. The summed E-state index contributed by atoms with van der Waals surface area (Å²) in [4.78, 5) is 2.61. The van der Waals surface area contributed by atoms with Crippen LogP contribution < -0.4 is 4.90 Å². The zero-order chi connectivity index (χ0) is 76.0. The van der Waals surface area contributed by atoms with E-state index in [9.17, 15) is 0 Å². The van der Waals surface area contributed by atoms with Crippen LogP contribution in [0.3, 0.4) is 0 Å². The summed E-state index contributed by atoms with van der Waals surface area (Å²) in [7, 11) is 0. The van der Waals surface area contributed by atoms with Gasteiger partial charge in [-0.05, 0) is 217 Å². The third kappa shape index (κ3) is 7.71. The Hall–Kier alpha value is -13.3. The minimum Gasteiger partial charge on any atom is -0.456 e. The van der Waals surface area contributed by atoms with Gasteiger partial charge < -0.3 is 18.2 Å². The van der Waals surface area contributed by atoms with Gasteiger partial charge >= 0.3 is 0 Å². The Kier molecular flexibility index (Phi) is 12.4. The van der Waals surface area contributed by atoms with Crippen molar-refractivity contribution in [2.45, 2.75) is 87.9 Å². The van der Waals surface area contributed by atoms with Gasteiger partial charge in [-0.25, -0.2) is 0 Å². The summed E-state index contributed by atoms with van der Waals surface area (Å²) in [5.41, 5.74) is 40.9. The lowest BCUT2D eigenvalue weighted by atomic mass is 9.66. The number of furan rings is 3. The van der Waals surface area contributed by atoms with Crippen LogP contribution in [0.25, 0.3) is 133 Å². The van der Waals surface area contributed by atoms with Crippen molar-refractivity contribution >= 4 is 82.9 Å². The summed E-state index contributed by atoms with van der Waals surface area (Å²) in [6, 6.07) is 122. The van der Waals surface area contributed by atoms with Crippen LogP contribution in [0.2, 0.25) is 0 Å². The molecule has 0 fully saturated rings. The smallest absolute Gasteiger partial charge is 0.144 e. The molecule has 6 aliphatic carbocycles. The molecule has 0 saturated carbocycles. The second-order valence-electron chi connectivity index (χ2n) is 35.1. The molecule has 0 unspecified atom stereocenters. The molecule has 540 valence electrons. The van der Waals surface area contributed by atoms with E-state index in [1.54, 1.807) is 0 Å². The first-order valence-electron chi connectivity index (χ1n) is 40.5. The maximum Gasteiger partial charge on any atom is 0.144 e. The van der Waals surface area contributed by atoms with Crippen molar-refractivity contribution in [1.82, 2.24) is 0 Å². The monoisotopic (exact) mass is 1460 g/mol. The molecule has 114 heavy (non-hydrogen) atoms. The third-order valence-electron chi connectivity index (χ3n) is 28.3. The normalized spacial score (nSPS) is 16.1. The number of fused-ring (bicyclic) bond motifs is 34. The minimum atomic E-state index is -0.838. The van der Waals surface area contributed by atoms with Crippen molar-refractivity contribution in [3.63, 3.8) is 0 Å². The lowest BCUT2D eigenvalue weighted by Gasteiger charge is -2.36. The molecule has 0 spiro atoms. The van der Waals surface area contributed by atoms with Crippen LogP contribution in [0, 0.1) is 0 Å². The lowest BCUT2D eigenvalue weighted by Crippen LogP contribution is -2.30. The van der Waals surface area contributed by atoms with E-state index in [1.165, 1.54) is 167 Å². The van der Waals surface area contributed by atoms with Crippen LogP contribution in [-0.4, -0.2) is 0 Å². The first-order chi connectivity index (χ1) is 55.6. The first-order valence-corrected chi connectivity index (χ1v) is 40.5. The molecule has 4 nitrogen and oxygen atoms in total. The SMILES string of the molecule is CC1(C)c2cc(N(c3ccc4c(c3)C(C)(C)c3c5c(c6c(oc7ccccc76)c3-4)-c3ccccc3C5(C)C)c3ccc4c(c3)C(c3ccccc3)(c3ccccc3)c3cc5c(cc3-4)C(c3ccccc3)(c3ccccc3)c3ccc4oc6ccccc6c4c3-5)ccc2-c2c1c1c(c3c2oc2ccccc23)-c2ccccc2C1(C)C. The van der Waals surface area contributed by atoms with E-state index in [1.807, 2.05) is 0 Å². The number of rotatable bonds is 7. The predicted octanol–water partition coefficient (Wildman–Crippen LogP) is 28.8. The standard InChI is InChI=1S/C110H77NO3/c1-105(2)79-44-26-21-39-70(79)93-95-75-42-24-29-47-88(75)113-103(95)97-72-53-50-66(57-82(72)107(5,6)101(97)99(93)105)111(67-51-54-73-83(58-67)108(7,8)102-98(73)104-96(76-43-25-30-48-89(76)114-104)94-71-40-22-27-45-80(71)106(3,4)100(94)102)68-49-52-69-77-60-86-78(61-85(77)110(84(69)59-68,64-35-17-11-18-36-64)65-37-19-12-20-38-65)91-81(55-56-90-92(91)74-41-23-28-46-87(74)112-90)109(86,62-31-13-9-14-32-62)63-33-15-10-16-34-63/h9-61H,1-8H3. The summed E-state index contributed by atoms with van der Waals surface area (Å²) >= 11 is 0. The Labute approximate surface area is 661 Å². The Morgan fingerprint density at radius 2 is 0.544 bits per heavy atom. The van der Waals surface area contributed by atoms with Gasteiger partial charge in [-0.2, -0.15) is 0 Å². The molecule has 3 heterocycles. The number of para-hydroxylation sites is 3. The van der Waals surface area contributed by atoms with E-state index >= 15 is 0 Å². The van der Waals surface area contributed by atoms with Gasteiger partial charge in [0.2, 0.25) is 0 Å². The van der Waals surface area contributed by atoms with Crippen molar-refractivity contribution in [2.75, 3.05) is 4.90 Å². The van der Waals surface area contributed by atoms with Crippen LogP contribution >= 0.6 is 0 Å². The van der Waals surface area contributed by atoms with Crippen molar-refractivity contribution in [3.8, 4) is 66.8 Å². The van der Waals surface area contributed by atoms with E-state index in [0.717, 1.165) is 72.1 Å². The summed E-state index contributed by atoms with van der Waals surface area (Å²) in [6.07, 6.45) is 0. The topological polar surface area (TPSA) is 42.7 Å². The molecule has 16 aromatic carbocycles. The predicted molar refractivity (Wildman–Crippen MR) is 468 cm³/mol. The molecule has 19 aromatic rings. The van der Waals surface area contributed by atoms with Gasteiger partial charge in [0, 0.05) is 82.2 Å². The fourth-order valence-electron chi connectivity index (χ4n) is 23.7. The van der Waals surface area contributed by atoms with Crippen LogP contribution in [0.15, 0.2) is 335 Å². The Morgan fingerprint density at radius 1 is 0.211 bits per heavy atom. The van der Waals surface area contributed by atoms with Gasteiger partial charge in [0.1, 0.15) is 33.5 Å². The van der Waals surface area contributed by atoms with Crippen molar-refractivity contribution in [3.05, 3.63) is 411 Å². The summed E-state index contributed by atoms with van der Waals surface area (Å²) < 4.78 is 21.6. The molecule has 25 rings (SSSR count). The Bertz CT molecular complexity index is 7190. The van der Waals surface area contributed by atoms with Gasteiger partial charge in [0.05, 0.1) is 10.8 Å². The molecule has 0 bridgehead atoms. The van der Waals surface area contributed by atoms with E-state index in [0.29, 0.717) is 0 Å². The molecule has 0 saturated heterocycles. The fraction of sp³-hybridized carbons (Fsp3) is 0.127. The number of hydrogen-bond donors (Lipinski definition) is 0. The highest BCUT2D eigenvalue weighted by atomic mass is 16.3. The van der Waals surface area contributed by atoms with Crippen LogP contribution in [0.5, 0.6) is 0 Å². The molecule has 6 aliphatic rings. The molecule has 4 heteroatoms. The fourth-order valence-corrected chi connectivity index (χ4v) is 23.7. The molecular weight excluding hydrogens is 1380 g/mol. The molecular formula is C110H77NO3. The maximum atomic E-state index is 7.33. The highest BCUT2D eigenvalue weighted by molar-refractivity contribution is 6.23. The van der Waals surface area contributed by atoms with E-state index in [4.69, 9.17) is 13.3 Å². The second-order valence-corrected chi connectivity index (χ2v) is 35.1. The second kappa shape index (κ2) is 21.9. The van der Waals surface area contributed by atoms with Crippen LogP contribution in [0.1, 0.15) is 144 Å². The van der Waals surface area contributed by atoms with Gasteiger partial charge in [-0.3, -0.25) is 0 Å². The van der Waals surface area contributed by atoms with E-state index in [2.05, 4.69) is 382 Å². The van der Waals surface area contributed by atoms with Crippen LogP contribution in [-0.2, 0) is 32.5 Å². The minimum absolute atomic E-state index is 0.308.